The third-order valence-electron chi connectivity index (χ3n) is 4.55. The average Bonchev–Trinajstić information content (AvgIpc) is 3.14. The summed E-state index contributed by atoms with van der Waals surface area (Å²) in [7, 11) is 1.91. The van der Waals surface area contributed by atoms with Gasteiger partial charge in [0.15, 0.2) is 0 Å². The van der Waals surface area contributed by atoms with Crippen molar-refractivity contribution in [2.24, 2.45) is 13.0 Å². The zero-order valence-corrected chi connectivity index (χ0v) is 15.9. The molecule has 2 heterocycles. The van der Waals surface area contributed by atoms with Crippen molar-refractivity contribution in [3.05, 3.63) is 29.8 Å². The van der Waals surface area contributed by atoms with Gasteiger partial charge >= 0.3 is 0 Å². The number of imidazole rings is 1. The second kappa shape index (κ2) is 9.94. The number of halogens is 3. The largest absolute Gasteiger partial charge is 0.356 e. The van der Waals surface area contributed by atoms with Crippen LogP contribution in [0.5, 0.6) is 0 Å². The topological polar surface area (TPSA) is 59.0 Å². The minimum absolute atomic E-state index is 0. The third kappa shape index (κ3) is 5.56. The Morgan fingerprint density at radius 1 is 1.44 bits per heavy atom. The van der Waals surface area contributed by atoms with Gasteiger partial charge < -0.3 is 15.2 Å². The lowest BCUT2D eigenvalue weighted by atomic mass is 10.0. The number of aromatic nitrogens is 2. The maximum atomic E-state index is 13.2. The molecule has 140 valence electrons. The van der Waals surface area contributed by atoms with E-state index >= 15 is 0 Å². The highest BCUT2D eigenvalue weighted by Crippen LogP contribution is 2.16. The van der Waals surface area contributed by atoms with Crippen molar-refractivity contribution in [3.63, 3.8) is 0 Å². The Hall–Kier alpha value is -1.37. The number of hydrogen-bond acceptors (Lipinski definition) is 3. The molecule has 0 aliphatic carbocycles. The van der Waals surface area contributed by atoms with Gasteiger partial charge in [0.2, 0.25) is 5.91 Å². The number of rotatable bonds is 6. The summed E-state index contributed by atoms with van der Waals surface area (Å²) >= 11 is 0. The molecule has 1 fully saturated rings. The number of carbonyl (C=O) groups is 1. The van der Waals surface area contributed by atoms with E-state index in [2.05, 4.69) is 15.6 Å². The molecule has 0 saturated carbocycles. The van der Waals surface area contributed by atoms with Gasteiger partial charge in [0, 0.05) is 32.5 Å². The molecule has 0 radical (unpaired) electrons. The number of hydrogen-bond donors (Lipinski definition) is 2. The van der Waals surface area contributed by atoms with Gasteiger partial charge in [-0.3, -0.25) is 4.79 Å². The first kappa shape index (κ1) is 21.7. The number of fused-ring (bicyclic) bond motifs is 1. The molecule has 8 heteroatoms. The fourth-order valence-corrected chi connectivity index (χ4v) is 3.14. The van der Waals surface area contributed by atoms with Gasteiger partial charge in [0.1, 0.15) is 11.6 Å². The van der Waals surface area contributed by atoms with Crippen LogP contribution in [-0.2, 0) is 18.3 Å². The number of aryl methyl sites for hydroxylation is 1. The molecule has 1 aromatic heterocycles. The van der Waals surface area contributed by atoms with E-state index in [0.717, 1.165) is 30.9 Å². The minimum Gasteiger partial charge on any atom is -0.356 e. The van der Waals surface area contributed by atoms with Crippen molar-refractivity contribution < 1.29 is 9.18 Å². The van der Waals surface area contributed by atoms with Gasteiger partial charge in [0.25, 0.3) is 0 Å². The van der Waals surface area contributed by atoms with Crippen LogP contribution < -0.4 is 10.6 Å². The van der Waals surface area contributed by atoms with Crippen LogP contribution in [-0.4, -0.2) is 35.1 Å². The van der Waals surface area contributed by atoms with Crippen molar-refractivity contribution in [1.29, 1.82) is 0 Å². The second-order valence-corrected chi connectivity index (χ2v) is 6.22. The average molecular weight is 391 g/mol. The van der Waals surface area contributed by atoms with E-state index in [1.165, 1.54) is 18.6 Å². The summed E-state index contributed by atoms with van der Waals surface area (Å²) in [5.41, 5.74) is 1.56. The second-order valence-electron chi connectivity index (χ2n) is 6.22. The fourth-order valence-electron chi connectivity index (χ4n) is 3.14. The minimum atomic E-state index is -0.281. The summed E-state index contributed by atoms with van der Waals surface area (Å²) < 4.78 is 15.2. The van der Waals surface area contributed by atoms with Crippen LogP contribution in [0.1, 0.15) is 25.1 Å². The monoisotopic (exact) mass is 390 g/mol. The maximum Gasteiger partial charge on any atom is 0.220 e. The Labute approximate surface area is 159 Å². The van der Waals surface area contributed by atoms with Crippen LogP contribution in [0.4, 0.5) is 4.39 Å². The van der Waals surface area contributed by atoms with Crippen LogP contribution in [0.3, 0.4) is 0 Å². The van der Waals surface area contributed by atoms with Crippen molar-refractivity contribution >= 4 is 41.8 Å². The fraction of sp³-hybridized carbons (Fsp3) is 0.529. The van der Waals surface area contributed by atoms with Crippen LogP contribution in [0, 0.1) is 11.7 Å². The van der Waals surface area contributed by atoms with E-state index < -0.39 is 0 Å². The molecule has 1 aliphatic rings. The van der Waals surface area contributed by atoms with Crippen LogP contribution in [0.2, 0.25) is 0 Å². The molecule has 0 spiro atoms. The smallest absolute Gasteiger partial charge is 0.220 e. The first-order chi connectivity index (χ1) is 11.1. The van der Waals surface area contributed by atoms with Gasteiger partial charge in [0.05, 0.1) is 11.0 Å². The van der Waals surface area contributed by atoms with E-state index in [4.69, 9.17) is 0 Å². The Balaban J connectivity index is 0.00000156. The van der Waals surface area contributed by atoms with E-state index in [-0.39, 0.29) is 36.5 Å². The summed E-state index contributed by atoms with van der Waals surface area (Å²) in [6.07, 6.45) is 3.34. The highest BCUT2D eigenvalue weighted by atomic mass is 35.5. The normalized spacial score (nSPS) is 16.3. The standard InChI is InChI=1S/C17H23FN4O.2ClH/c1-22-15-4-3-13(18)10-14(15)21-16(22)7-9-20-17(23)5-2-12-6-8-19-11-12;;/h3-4,10,12,19H,2,5-9,11H2,1H3,(H,20,23);2*1H. The first-order valence-electron chi connectivity index (χ1n) is 8.22. The lowest BCUT2D eigenvalue weighted by Gasteiger charge is -2.08. The molecule has 1 saturated heterocycles. The predicted octanol–water partition coefficient (Wildman–Crippen LogP) is 2.60. The zero-order valence-electron chi connectivity index (χ0n) is 14.3. The van der Waals surface area contributed by atoms with Gasteiger partial charge in [-0.1, -0.05) is 0 Å². The molecule has 3 rings (SSSR count). The molecule has 2 aromatic rings. The molecule has 1 aromatic carbocycles. The molecule has 1 aliphatic heterocycles. The lowest BCUT2D eigenvalue weighted by Crippen LogP contribution is -2.26. The molecule has 1 atom stereocenters. The van der Waals surface area contributed by atoms with Crippen molar-refractivity contribution in [3.8, 4) is 0 Å². The molecular weight excluding hydrogens is 366 g/mol. The number of benzene rings is 1. The molecule has 1 amide bonds. The highest BCUT2D eigenvalue weighted by molar-refractivity contribution is 5.85. The Morgan fingerprint density at radius 2 is 2.24 bits per heavy atom. The number of amides is 1. The van der Waals surface area contributed by atoms with E-state index in [0.29, 0.717) is 30.8 Å². The summed E-state index contributed by atoms with van der Waals surface area (Å²) in [5, 5.41) is 6.27. The zero-order chi connectivity index (χ0) is 16.2. The first-order valence-corrected chi connectivity index (χ1v) is 8.22. The van der Waals surface area contributed by atoms with Crippen LogP contribution in [0.15, 0.2) is 18.2 Å². The quantitative estimate of drug-likeness (QED) is 0.796. The summed E-state index contributed by atoms with van der Waals surface area (Å²) in [4.78, 5) is 16.3. The SMILES string of the molecule is Cl.Cl.Cn1c(CCNC(=O)CCC2CCNC2)nc2cc(F)ccc21. The lowest BCUT2D eigenvalue weighted by molar-refractivity contribution is -0.121. The van der Waals surface area contributed by atoms with Crippen molar-refractivity contribution in [2.45, 2.75) is 25.7 Å². The van der Waals surface area contributed by atoms with Crippen LogP contribution in [0.25, 0.3) is 11.0 Å². The Kier molecular flexibility index (Phi) is 8.62. The molecule has 2 N–H and O–H groups in total. The van der Waals surface area contributed by atoms with Crippen LogP contribution >= 0.6 is 24.8 Å². The molecule has 1 unspecified atom stereocenters. The number of carbonyl (C=O) groups excluding carboxylic acids is 1. The van der Waals surface area contributed by atoms with Gasteiger partial charge in [-0.15, -0.1) is 24.8 Å². The maximum absolute atomic E-state index is 13.2. The highest BCUT2D eigenvalue weighted by Gasteiger charge is 2.15. The van der Waals surface area contributed by atoms with Crippen molar-refractivity contribution in [2.75, 3.05) is 19.6 Å². The van der Waals surface area contributed by atoms with Crippen molar-refractivity contribution in [1.82, 2.24) is 20.2 Å². The molecule has 0 bridgehead atoms. The molecule has 25 heavy (non-hydrogen) atoms. The number of nitrogens with one attached hydrogen (secondary N) is 2. The molecule has 5 nitrogen and oxygen atoms in total. The van der Waals surface area contributed by atoms with E-state index in [1.807, 2.05) is 11.6 Å². The third-order valence-corrected chi connectivity index (χ3v) is 4.55. The number of nitrogens with zero attached hydrogens (tertiary/aromatic N) is 2. The van der Waals surface area contributed by atoms with E-state index in [9.17, 15) is 9.18 Å². The predicted molar refractivity (Wildman–Crippen MR) is 102 cm³/mol. The summed E-state index contributed by atoms with van der Waals surface area (Å²) in [6.45, 7) is 2.66. The summed E-state index contributed by atoms with van der Waals surface area (Å²) in [5.74, 6) is 1.31. The van der Waals surface area contributed by atoms with Gasteiger partial charge in [-0.2, -0.15) is 0 Å². The Bertz CT molecular complexity index is 701. The molecular formula is C17H25Cl2FN4O. The Morgan fingerprint density at radius 3 is 2.96 bits per heavy atom. The summed E-state index contributed by atoms with van der Waals surface area (Å²) in [6, 6.07) is 4.61. The van der Waals surface area contributed by atoms with Gasteiger partial charge in [-0.05, 0) is 44.0 Å². The van der Waals surface area contributed by atoms with E-state index in [1.54, 1.807) is 6.07 Å². The van der Waals surface area contributed by atoms with Gasteiger partial charge in [-0.25, -0.2) is 9.37 Å².